The topological polar surface area (TPSA) is 85.7 Å². The zero-order chi connectivity index (χ0) is 14.4. The zero-order valence-electron chi connectivity index (χ0n) is 10.7. The van der Waals surface area contributed by atoms with Gasteiger partial charge in [0.05, 0.1) is 5.69 Å². The van der Waals surface area contributed by atoms with Crippen LogP contribution in [-0.2, 0) is 11.3 Å². The minimum Gasteiger partial charge on any atom is -0.480 e. The van der Waals surface area contributed by atoms with Gasteiger partial charge in [-0.25, -0.2) is 5.06 Å². The van der Waals surface area contributed by atoms with Crippen LogP contribution in [0.25, 0.3) is 0 Å². The highest BCUT2D eigenvalue weighted by Gasteiger charge is 2.07. The molecule has 0 fully saturated rings. The van der Waals surface area contributed by atoms with Gasteiger partial charge in [0.1, 0.15) is 6.54 Å². The van der Waals surface area contributed by atoms with Crippen molar-refractivity contribution in [2.24, 2.45) is 0 Å². The van der Waals surface area contributed by atoms with Gasteiger partial charge in [-0.3, -0.25) is 15.0 Å². The van der Waals surface area contributed by atoms with Crippen LogP contribution in [0.4, 0.5) is 11.4 Å². The minimum atomic E-state index is -1.09. The Morgan fingerprint density at radius 3 is 2.60 bits per heavy atom. The largest absolute Gasteiger partial charge is 0.480 e. The molecule has 0 saturated heterocycles. The first-order valence-electron chi connectivity index (χ1n) is 6.06. The van der Waals surface area contributed by atoms with Crippen LogP contribution in [0.5, 0.6) is 0 Å². The highest BCUT2D eigenvalue weighted by Crippen LogP contribution is 2.17. The summed E-state index contributed by atoms with van der Waals surface area (Å²) in [7, 11) is 0. The molecule has 0 atom stereocenters. The van der Waals surface area contributed by atoms with Gasteiger partial charge in [0.25, 0.3) is 0 Å². The van der Waals surface area contributed by atoms with E-state index in [1.165, 1.54) is 0 Å². The van der Waals surface area contributed by atoms with Crippen LogP contribution in [0.2, 0.25) is 0 Å². The smallest absolute Gasteiger partial charge is 0.325 e. The van der Waals surface area contributed by atoms with Crippen molar-refractivity contribution >= 4 is 17.3 Å². The predicted molar refractivity (Wildman–Crippen MR) is 74.8 cm³/mol. The Labute approximate surface area is 116 Å². The van der Waals surface area contributed by atoms with E-state index in [9.17, 15) is 10.0 Å². The minimum absolute atomic E-state index is 0.430. The van der Waals surface area contributed by atoms with Gasteiger partial charge < -0.3 is 10.4 Å². The van der Waals surface area contributed by atoms with Crippen molar-refractivity contribution in [1.82, 2.24) is 4.98 Å². The van der Waals surface area contributed by atoms with E-state index in [1.54, 1.807) is 36.7 Å². The molecule has 0 amide bonds. The van der Waals surface area contributed by atoms with Gasteiger partial charge in [-0.2, -0.15) is 0 Å². The Bertz CT molecular complexity index is 558. The summed E-state index contributed by atoms with van der Waals surface area (Å²) in [5, 5.41) is 22.0. The maximum absolute atomic E-state index is 10.5. The molecule has 2 aromatic rings. The first kappa shape index (κ1) is 13.8. The maximum Gasteiger partial charge on any atom is 0.325 e. The number of aliphatic carboxylic acids is 1. The number of rotatable bonds is 6. The standard InChI is InChI=1S/C14H15N3O3/c18-14(19)10-17(20)13-5-3-12(4-6-13)16-9-11-2-1-7-15-8-11/h1-8,16,20H,9-10H2,(H,18,19). The SMILES string of the molecule is O=C(O)CN(O)c1ccc(NCc2cccnc2)cc1. The summed E-state index contributed by atoms with van der Waals surface area (Å²) >= 11 is 0. The number of nitrogens with one attached hydrogen (secondary N) is 1. The normalized spacial score (nSPS) is 10.1. The lowest BCUT2D eigenvalue weighted by Gasteiger charge is -2.15. The molecule has 2 rings (SSSR count). The second-order valence-corrected chi connectivity index (χ2v) is 4.21. The summed E-state index contributed by atoms with van der Waals surface area (Å²) < 4.78 is 0. The van der Waals surface area contributed by atoms with E-state index in [2.05, 4.69) is 10.3 Å². The molecule has 104 valence electrons. The lowest BCUT2D eigenvalue weighted by Crippen LogP contribution is -2.25. The van der Waals surface area contributed by atoms with Crippen molar-refractivity contribution in [2.75, 3.05) is 16.9 Å². The number of hydroxylamine groups is 1. The molecule has 0 spiro atoms. The number of anilines is 2. The van der Waals surface area contributed by atoms with Crippen LogP contribution in [0, 0.1) is 0 Å². The van der Waals surface area contributed by atoms with Crippen LogP contribution >= 0.6 is 0 Å². The third-order valence-electron chi connectivity index (χ3n) is 2.67. The summed E-state index contributed by atoms with van der Waals surface area (Å²) in [6, 6.07) is 10.7. The molecule has 20 heavy (non-hydrogen) atoms. The van der Waals surface area contributed by atoms with Gasteiger partial charge in [0.2, 0.25) is 0 Å². The third-order valence-corrected chi connectivity index (χ3v) is 2.67. The first-order valence-corrected chi connectivity index (χ1v) is 6.06. The molecule has 3 N–H and O–H groups in total. The number of pyridine rings is 1. The van der Waals surface area contributed by atoms with Gasteiger partial charge in [-0.15, -0.1) is 0 Å². The second-order valence-electron chi connectivity index (χ2n) is 4.21. The summed E-state index contributed by atoms with van der Waals surface area (Å²) in [4.78, 5) is 14.5. The molecule has 1 aromatic carbocycles. The molecule has 6 heteroatoms. The fraction of sp³-hybridized carbons (Fsp3) is 0.143. The molecular weight excluding hydrogens is 258 g/mol. The number of aromatic nitrogens is 1. The molecule has 6 nitrogen and oxygen atoms in total. The van der Waals surface area contributed by atoms with E-state index in [4.69, 9.17) is 5.11 Å². The van der Waals surface area contributed by atoms with E-state index < -0.39 is 12.5 Å². The fourth-order valence-corrected chi connectivity index (χ4v) is 1.68. The molecule has 1 heterocycles. The number of hydrogen-bond acceptors (Lipinski definition) is 5. The molecule has 0 radical (unpaired) electrons. The zero-order valence-corrected chi connectivity index (χ0v) is 10.7. The van der Waals surface area contributed by atoms with Crippen molar-refractivity contribution in [2.45, 2.75) is 6.54 Å². The third kappa shape index (κ3) is 3.96. The number of benzene rings is 1. The molecule has 0 aliphatic rings. The van der Waals surface area contributed by atoms with Crippen LogP contribution in [-0.4, -0.2) is 27.8 Å². The Hall–Kier alpha value is -2.60. The molecular formula is C14H15N3O3. The monoisotopic (exact) mass is 273 g/mol. The van der Waals surface area contributed by atoms with Crippen molar-refractivity contribution < 1.29 is 15.1 Å². The number of carbonyl (C=O) groups is 1. The van der Waals surface area contributed by atoms with E-state index in [1.807, 2.05) is 12.1 Å². The second kappa shape index (κ2) is 6.53. The lowest BCUT2D eigenvalue weighted by molar-refractivity contribution is -0.136. The van der Waals surface area contributed by atoms with Crippen molar-refractivity contribution in [1.29, 1.82) is 0 Å². The summed E-state index contributed by atoms with van der Waals surface area (Å²) in [5.41, 5.74) is 2.37. The highest BCUT2D eigenvalue weighted by atomic mass is 16.5. The Morgan fingerprint density at radius 2 is 2.00 bits per heavy atom. The average molecular weight is 273 g/mol. The first-order chi connectivity index (χ1) is 9.65. The van der Waals surface area contributed by atoms with Gasteiger partial charge in [-0.05, 0) is 35.9 Å². The molecule has 0 unspecified atom stereocenters. The van der Waals surface area contributed by atoms with Crippen LogP contribution in [0.1, 0.15) is 5.56 Å². The van der Waals surface area contributed by atoms with Crippen molar-refractivity contribution in [3.63, 3.8) is 0 Å². The molecule has 1 aromatic heterocycles. The number of nitrogens with zero attached hydrogens (tertiary/aromatic N) is 2. The lowest BCUT2D eigenvalue weighted by atomic mass is 10.2. The number of hydrogen-bond donors (Lipinski definition) is 3. The predicted octanol–water partition coefficient (Wildman–Crippen LogP) is 1.97. The van der Waals surface area contributed by atoms with E-state index >= 15 is 0 Å². The summed E-state index contributed by atoms with van der Waals surface area (Å²) in [6.07, 6.45) is 3.50. The summed E-state index contributed by atoms with van der Waals surface area (Å²) in [5.74, 6) is -1.09. The molecule has 0 saturated carbocycles. The number of carboxylic acids is 1. The van der Waals surface area contributed by atoms with Crippen LogP contribution < -0.4 is 10.4 Å². The van der Waals surface area contributed by atoms with Gasteiger partial charge in [-0.1, -0.05) is 6.07 Å². The number of carboxylic acid groups (broad SMARTS) is 1. The Kier molecular flexibility index (Phi) is 4.52. The summed E-state index contributed by atoms with van der Waals surface area (Å²) in [6.45, 7) is 0.188. The molecule has 0 aliphatic carbocycles. The molecule has 0 bridgehead atoms. The quantitative estimate of drug-likeness (QED) is 0.698. The Morgan fingerprint density at radius 1 is 1.25 bits per heavy atom. The van der Waals surface area contributed by atoms with Gasteiger partial charge in [0.15, 0.2) is 0 Å². The van der Waals surface area contributed by atoms with E-state index in [-0.39, 0.29) is 0 Å². The van der Waals surface area contributed by atoms with E-state index in [0.29, 0.717) is 17.3 Å². The molecule has 0 aliphatic heterocycles. The van der Waals surface area contributed by atoms with Crippen LogP contribution in [0.15, 0.2) is 48.8 Å². The Balaban J connectivity index is 1.93. The van der Waals surface area contributed by atoms with Crippen LogP contribution in [0.3, 0.4) is 0 Å². The van der Waals surface area contributed by atoms with E-state index in [0.717, 1.165) is 11.3 Å². The highest BCUT2D eigenvalue weighted by molar-refractivity contribution is 5.73. The van der Waals surface area contributed by atoms with Crippen molar-refractivity contribution in [3.8, 4) is 0 Å². The van der Waals surface area contributed by atoms with Crippen molar-refractivity contribution in [3.05, 3.63) is 54.4 Å². The average Bonchev–Trinajstić information content (AvgIpc) is 2.46. The maximum atomic E-state index is 10.5. The van der Waals surface area contributed by atoms with Gasteiger partial charge in [0, 0.05) is 24.6 Å². The fourth-order valence-electron chi connectivity index (χ4n) is 1.68. The van der Waals surface area contributed by atoms with Gasteiger partial charge >= 0.3 is 5.97 Å².